The van der Waals surface area contributed by atoms with Crippen molar-refractivity contribution in [3.05, 3.63) is 59.1 Å². The van der Waals surface area contributed by atoms with Gasteiger partial charge >= 0.3 is 0 Å². The number of thioether (sulfide) groups is 1. The molecule has 2 aromatic carbocycles. The Morgan fingerprint density at radius 1 is 1.19 bits per heavy atom. The zero-order chi connectivity index (χ0) is 18.5. The van der Waals surface area contributed by atoms with Crippen LogP contribution in [-0.4, -0.2) is 26.4 Å². The van der Waals surface area contributed by atoms with E-state index in [2.05, 4.69) is 22.4 Å². The van der Waals surface area contributed by atoms with E-state index < -0.39 is 0 Å². The number of hydrogen-bond acceptors (Lipinski definition) is 4. The second-order valence-corrected chi connectivity index (χ2v) is 7.10. The van der Waals surface area contributed by atoms with Crippen molar-refractivity contribution in [2.45, 2.75) is 18.5 Å². The van der Waals surface area contributed by atoms with Crippen LogP contribution in [0.5, 0.6) is 0 Å². The Balaban J connectivity index is 1.66. The highest BCUT2D eigenvalue weighted by molar-refractivity contribution is 7.99. The largest absolute Gasteiger partial charge is 0.325 e. The van der Waals surface area contributed by atoms with Crippen LogP contribution in [0.2, 0.25) is 5.02 Å². The minimum atomic E-state index is -0.0665. The molecule has 0 unspecified atom stereocenters. The summed E-state index contributed by atoms with van der Waals surface area (Å²) in [5.41, 5.74) is 2.87. The van der Waals surface area contributed by atoms with Crippen LogP contribution in [0.1, 0.15) is 12.5 Å². The maximum atomic E-state index is 12.3. The fourth-order valence-electron chi connectivity index (χ4n) is 2.59. The van der Waals surface area contributed by atoms with Crippen molar-refractivity contribution in [1.29, 1.82) is 0 Å². The van der Waals surface area contributed by atoms with Gasteiger partial charge in [0.25, 0.3) is 0 Å². The first-order valence-electron chi connectivity index (χ1n) is 8.24. The molecule has 7 heteroatoms. The number of para-hydroxylation sites is 1. The lowest BCUT2D eigenvalue weighted by Gasteiger charge is -2.09. The highest BCUT2D eigenvalue weighted by Gasteiger charge is 2.13. The maximum Gasteiger partial charge on any atom is 0.234 e. The van der Waals surface area contributed by atoms with E-state index in [1.807, 2.05) is 60.1 Å². The van der Waals surface area contributed by atoms with Gasteiger partial charge in [-0.15, -0.1) is 10.2 Å². The monoisotopic (exact) mass is 386 g/mol. The molecule has 0 radical (unpaired) electrons. The van der Waals surface area contributed by atoms with Gasteiger partial charge in [0.2, 0.25) is 5.91 Å². The SMILES string of the molecule is CCc1ccccc1NC(=O)CSc1nnc(-c2cccc(Cl)c2)n1C. The lowest BCUT2D eigenvalue weighted by atomic mass is 10.1. The molecule has 0 atom stereocenters. The lowest BCUT2D eigenvalue weighted by molar-refractivity contribution is -0.113. The first-order chi connectivity index (χ1) is 12.6. The zero-order valence-electron chi connectivity index (χ0n) is 14.6. The van der Waals surface area contributed by atoms with Crippen molar-refractivity contribution in [3.63, 3.8) is 0 Å². The van der Waals surface area contributed by atoms with Gasteiger partial charge in [-0.25, -0.2) is 0 Å². The molecule has 134 valence electrons. The number of aromatic nitrogens is 3. The third-order valence-electron chi connectivity index (χ3n) is 3.92. The van der Waals surface area contributed by atoms with Crippen LogP contribution in [-0.2, 0) is 18.3 Å². The Morgan fingerprint density at radius 2 is 2.00 bits per heavy atom. The third kappa shape index (κ3) is 4.26. The smallest absolute Gasteiger partial charge is 0.234 e. The number of aryl methyl sites for hydroxylation is 1. The number of carbonyl (C=O) groups excluding carboxylic acids is 1. The number of benzene rings is 2. The van der Waals surface area contributed by atoms with Gasteiger partial charge in [0, 0.05) is 23.3 Å². The van der Waals surface area contributed by atoms with E-state index in [0.717, 1.165) is 23.2 Å². The number of anilines is 1. The highest BCUT2D eigenvalue weighted by atomic mass is 35.5. The zero-order valence-corrected chi connectivity index (χ0v) is 16.1. The van der Waals surface area contributed by atoms with Gasteiger partial charge in [-0.2, -0.15) is 0 Å². The van der Waals surface area contributed by atoms with Gasteiger partial charge in [0.05, 0.1) is 5.75 Å². The van der Waals surface area contributed by atoms with Crippen LogP contribution >= 0.6 is 23.4 Å². The molecule has 1 aromatic heterocycles. The van der Waals surface area contributed by atoms with Crippen molar-refractivity contribution >= 4 is 35.0 Å². The average molecular weight is 387 g/mol. The molecule has 0 aliphatic carbocycles. The fraction of sp³-hybridized carbons (Fsp3) is 0.211. The minimum absolute atomic E-state index is 0.0665. The molecule has 1 N–H and O–H groups in total. The Kier molecular flexibility index (Phi) is 5.96. The first-order valence-corrected chi connectivity index (χ1v) is 9.60. The standard InChI is InChI=1S/C19H19ClN4OS/c1-3-13-7-4-5-10-16(13)21-17(25)12-26-19-23-22-18(24(19)2)14-8-6-9-15(20)11-14/h4-11H,3,12H2,1-2H3,(H,21,25). The summed E-state index contributed by atoms with van der Waals surface area (Å²) in [6.07, 6.45) is 0.871. The summed E-state index contributed by atoms with van der Waals surface area (Å²) >= 11 is 7.39. The van der Waals surface area contributed by atoms with Crippen LogP contribution in [0.15, 0.2) is 53.7 Å². The van der Waals surface area contributed by atoms with E-state index in [1.54, 1.807) is 0 Å². The van der Waals surface area contributed by atoms with Gasteiger partial charge in [-0.05, 0) is 30.2 Å². The number of rotatable bonds is 6. The molecule has 5 nitrogen and oxygen atoms in total. The van der Waals surface area contributed by atoms with Crippen molar-refractivity contribution in [2.24, 2.45) is 7.05 Å². The molecule has 0 saturated heterocycles. The predicted molar refractivity (Wildman–Crippen MR) is 107 cm³/mol. The summed E-state index contributed by atoms with van der Waals surface area (Å²) in [6, 6.07) is 15.3. The summed E-state index contributed by atoms with van der Waals surface area (Å²) in [7, 11) is 1.88. The molecular formula is C19H19ClN4OS. The Morgan fingerprint density at radius 3 is 2.77 bits per heavy atom. The number of carbonyl (C=O) groups is 1. The molecule has 0 fully saturated rings. The average Bonchev–Trinajstić information content (AvgIpc) is 3.01. The molecule has 26 heavy (non-hydrogen) atoms. The molecule has 0 aliphatic heterocycles. The van der Waals surface area contributed by atoms with Crippen molar-refractivity contribution < 1.29 is 4.79 Å². The van der Waals surface area contributed by atoms with E-state index in [1.165, 1.54) is 11.8 Å². The molecule has 0 bridgehead atoms. The molecule has 1 amide bonds. The summed E-state index contributed by atoms with van der Waals surface area (Å²) < 4.78 is 1.86. The number of amides is 1. The van der Waals surface area contributed by atoms with E-state index >= 15 is 0 Å². The summed E-state index contributed by atoms with van der Waals surface area (Å²) in [5.74, 6) is 0.912. The van der Waals surface area contributed by atoms with Gasteiger partial charge in [-0.1, -0.05) is 60.6 Å². The summed E-state index contributed by atoms with van der Waals surface area (Å²) in [4.78, 5) is 12.3. The maximum absolute atomic E-state index is 12.3. The Bertz CT molecular complexity index is 925. The van der Waals surface area contributed by atoms with Gasteiger partial charge in [0.1, 0.15) is 0 Å². The van der Waals surface area contributed by atoms with Gasteiger partial charge < -0.3 is 9.88 Å². The number of hydrogen-bond donors (Lipinski definition) is 1. The Hall–Kier alpha value is -2.31. The van der Waals surface area contributed by atoms with Crippen LogP contribution in [0.4, 0.5) is 5.69 Å². The summed E-state index contributed by atoms with van der Waals surface area (Å²) in [5, 5.41) is 12.7. The quantitative estimate of drug-likeness (QED) is 0.636. The number of nitrogens with zero attached hydrogens (tertiary/aromatic N) is 3. The van der Waals surface area contributed by atoms with Gasteiger partial charge in [-0.3, -0.25) is 4.79 Å². The second-order valence-electron chi connectivity index (χ2n) is 5.72. The van der Waals surface area contributed by atoms with Crippen molar-refractivity contribution in [2.75, 3.05) is 11.1 Å². The van der Waals surface area contributed by atoms with E-state index in [4.69, 9.17) is 11.6 Å². The molecule has 1 heterocycles. The summed E-state index contributed by atoms with van der Waals surface area (Å²) in [6.45, 7) is 2.07. The second kappa shape index (κ2) is 8.38. The molecule has 0 saturated carbocycles. The van der Waals surface area contributed by atoms with E-state index in [9.17, 15) is 4.79 Å². The molecule has 0 aliphatic rings. The molecule has 3 aromatic rings. The van der Waals surface area contributed by atoms with Gasteiger partial charge in [0.15, 0.2) is 11.0 Å². The van der Waals surface area contributed by atoms with Crippen molar-refractivity contribution in [3.8, 4) is 11.4 Å². The van der Waals surface area contributed by atoms with Crippen molar-refractivity contribution in [1.82, 2.24) is 14.8 Å². The highest BCUT2D eigenvalue weighted by Crippen LogP contribution is 2.25. The van der Waals surface area contributed by atoms with Crippen LogP contribution in [0.25, 0.3) is 11.4 Å². The predicted octanol–water partition coefficient (Wildman–Crippen LogP) is 4.43. The molecular weight excluding hydrogens is 368 g/mol. The third-order valence-corrected chi connectivity index (χ3v) is 5.18. The molecule has 0 spiro atoms. The van der Waals surface area contributed by atoms with Crippen LogP contribution in [0.3, 0.4) is 0 Å². The minimum Gasteiger partial charge on any atom is -0.325 e. The topological polar surface area (TPSA) is 59.8 Å². The molecule has 3 rings (SSSR count). The van der Waals surface area contributed by atoms with Crippen LogP contribution in [0, 0.1) is 0 Å². The van der Waals surface area contributed by atoms with Crippen LogP contribution < -0.4 is 5.32 Å². The normalized spacial score (nSPS) is 10.7. The fourth-order valence-corrected chi connectivity index (χ4v) is 3.49. The number of nitrogens with one attached hydrogen (secondary N) is 1. The lowest BCUT2D eigenvalue weighted by Crippen LogP contribution is -2.15. The van der Waals surface area contributed by atoms with E-state index in [0.29, 0.717) is 16.0 Å². The first kappa shape index (κ1) is 18.5. The Labute approximate surface area is 161 Å². The van der Waals surface area contributed by atoms with E-state index in [-0.39, 0.29) is 11.7 Å². The number of halogens is 1.